The Morgan fingerprint density at radius 2 is 2.12 bits per heavy atom. The molecule has 174 valence electrons. The van der Waals surface area contributed by atoms with Crippen LogP contribution in [0.4, 0.5) is 5.69 Å². The van der Waals surface area contributed by atoms with Gasteiger partial charge in [0.2, 0.25) is 5.91 Å². The van der Waals surface area contributed by atoms with E-state index in [1.54, 1.807) is 20.8 Å². The van der Waals surface area contributed by atoms with Crippen molar-refractivity contribution in [2.45, 2.75) is 37.2 Å². The first-order valence-corrected chi connectivity index (χ1v) is 12.7. The molecular weight excluding hydrogens is 464 g/mol. The number of nitrogens with one attached hydrogen (secondary N) is 1. The minimum atomic E-state index is -0.289. The number of carbonyl (C=O) groups is 1. The third-order valence-electron chi connectivity index (χ3n) is 5.49. The van der Waals surface area contributed by atoms with Crippen LogP contribution in [0.5, 0.6) is 11.5 Å². The lowest BCUT2D eigenvalue weighted by atomic mass is 10.2. The molecule has 1 amide bonds. The Kier molecular flexibility index (Phi) is 6.70. The summed E-state index contributed by atoms with van der Waals surface area (Å²) in [6.07, 6.45) is 1.91. The standard InChI is InChI=1S/C22H24N4O5S2/c27-20(14-33-22-24-23-21(28)26(22)12-16-3-1-7-29-16)25(13-17-4-2-10-32-17)15-5-6-18-19(11-15)31-9-8-30-18/h2,4-6,10-11,16H,1,3,7-9,12-14H2,(H,23,28). The average Bonchev–Trinajstić information content (AvgIpc) is 3.60. The highest BCUT2D eigenvalue weighted by Crippen LogP contribution is 2.35. The van der Waals surface area contributed by atoms with E-state index < -0.39 is 0 Å². The summed E-state index contributed by atoms with van der Waals surface area (Å²) in [5, 5.41) is 9.09. The highest BCUT2D eigenvalue weighted by atomic mass is 32.2. The molecule has 1 unspecified atom stereocenters. The van der Waals surface area contributed by atoms with E-state index in [9.17, 15) is 9.59 Å². The topological polar surface area (TPSA) is 98.7 Å². The van der Waals surface area contributed by atoms with E-state index >= 15 is 0 Å². The van der Waals surface area contributed by atoms with Gasteiger partial charge in [0.15, 0.2) is 16.7 Å². The van der Waals surface area contributed by atoms with Crippen molar-refractivity contribution in [3.63, 3.8) is 0 Å². The van der Waals surface area contributed by atoms with Gasteiger partial charge in [-0.15, -0.1) is 16.4 Å². The van der Waals surface area contributed by atoms with Gasteiger partial charge in [0, 0.05) is 23.2 Å². The quantitative estimate of drug-likeness (QED) is 0.487. The Bertz CT molecular complexity index is 1150. The molecule has 0 spiro atoms. The molecular formula is C22H24N4O5S2. The molecule has 5 rings (SSSR count). The van der Waals surface area contributed by atoms with Crippen LogP contribution < -0.4 is 20.1 Å². The number of fused-ring (bicyclic) bond motifs is 1. The number of ether oxygens (including phenoxy) is 3. The van der Waals surface area contributed by atoms with Crippen molar-refractivity contribution in [3.8, 4) is 11.5 Å². The number of benzene rings is 1. The molecule has 2 aliphatic rings. The Hall–Kier alpha value is -2.76. The number of hydrogen-bond acceptors (Lipinski definition) is 8. The van der Waals surface area contributed by atoms with Crippen molar-refractivity contribution in [3.05, 3.63) is 51.1 Å². The van der Waals surface area contributed by atoms with Gasteiger partial charge in [-0.05, 0) is 36.4 Å². The van der Waals surface area contributed by atoms with E-state index in [0.29, 0.717) is 49.6 Å². The monoisotopic (exact) mass is 488 g/mol. The Balaban J connectivity index is 1.33. The summed E-state index contributed by atoms with van der Waals surface area (Å²) in [5.74, 6) is 1.35. The van der Waals surface area contributed by atoms with Crippen LogP contribution in [-0.4, -0.2) is 52.3 Å². The van der Waals surface area contributed by atoms with E-state index in [1.807, 2.05) is 35.7 Å². The molecule has 2 aromatic heterocycles. The summed E-state index contributed by atoms with van der Waals surface area (Å²) in [4.78, 5) is 28.4. The molecule has 1 aromatic carbocycles. The summed E-state index contributed by atoms with van der Waals surface area (Å²) >= 11 is 2.84. The van der Waals surface area contributed by atoms with Crippen molar-refractivity contribution in [1.29, 1.82) is 0 Å². The Labute approximate surface area is 198 Å². The van der Waals surface area contributed by atoms with Gasteiger partial charge < -0.3 is 19.1 Å². The fourth-order valence-electron chi connectivity index (χ4n) is 3.85. The lowest BCUT2D eigenvalue weighted by molar-refractivity contribution is -0.116. The van der Waals surface area contributed by atoms with Gasteiger partial charge in [0.25, 0.3) is 0 Å². The van der Waals surface area contributed by atoms with E-state index in [4.69, 9.17) is 14.2 Å². The van der Waals surface area contributed by atoms with Crippen LogP contribution in [0.1, 0.15) is 17.7 Å². The number of aromatic amines is 1. The van der Waals surface area contributed by atoms with Gasteiger partial charge in [-0.25, -0.2) is 9.89 Å². The van der Waals surface area contributed by atoms with Crippen LogP contribution >= 0.6 is 23.1 Å². The van der Waals surface area contributed by atoms with Crippen LogP contribution in [-0.2, 0) is 22.6 Å². The molecule has 33 heavy (non-hydrogen) atoms. The summed E-state index contributed by atoms with van der Waals surface area (Å²) < 4.78 is 18.5. The van der Waals surface area contributed by atoms with Crippen molar-refractivity contribution in [2.75, 3.05) is 30.5 Å². The number of thiophene rings is 1. The maximum atomic E-state index is 13.4. The van der Waals surface area contributed by atoms with Gasteiger partial charge in [-0.2, -0.15) is 0 Å². The summed E-state index contributed by atoms with van der Waals surface area (Å²) in [7, 11) is 0. The molecule has 0 aliphatic carbocycles. The molecule has 0 radical (unpaired) electrons. The van der Waals surface area contributed by atoms with Crippen molar-refractivity contribution < 1.29 is 19.0 Å². The average molecular weight is 489 g/mol. The zero-order chi connectivity index (χ0) is 22.6. The summed E-state index contributed by atoms with van der Waals surface area (Å²) in [6.45, 7) is 2.59. The van der Waals surface area contributed by atoms with Gasteiger partial charge in [0.05, 0.1) is 24.9 Å². The highest BCUT2D eigenvalue weighted by Gasteiger charge is 2.23. The highest BCUT2D eigenvalue weighted by molar-refractivity contribution is 7.99. The first-order chi connectivity index (χ1) is 16.2. The van der Waals surface area contributed by atoms with E-state index in [2.05, 4.69) is 10.2 Å². The molecule has 0 bridgehead atoms. The second-order valence-electron chi connectivity index (χ2n) is 7.73. The SMILES string of the molecule is O=C(CSc1n[nH]c(=O)n1CC1CCCO1)N(Cc1cccs1)c1ccc2c(c1)OCCO2. The van der Waals surface area contributed by atoms with Crippen LogP contribution in [0.25, 0.3) is 0 Å². The molecule has 1 saturated heterocycles. The second kappa shape index (κ2) is 10.0. The minimum Gasteiger partial charge on any atom is -0.486 e. The number of amides is 1. The third-order valence-corrected chi connectivity index (χ3v) is 7.31. The number of anilines is 1. The first-order valence-electron chi connectivity index (χ1n) is 10.8. The lowest BCUT2D eigenvalue weighted by Crippen LogP contribution is -2.32. The van der Waals surface area contributed by atoms with Crippen LogP contribution in [0.2, 0.25) is 0 Å². The fourth-order valence-corrected chi connectivity index (χ4v) is 5.38. The number of H-pyrrole nitrogens is 1. The number of aromatic nitrogens is 3. The van der Waals surface area contributed by atoms with Crippen LogP contribution in [0.15, 0.2) is 45.7 Å². The fraction of sp³-hybridized carbons (Fsp3) is 0.409. The number of hydrogen-bond donors (Lipinski definition) is 1. The van der Waals surface area contributed by atoms with E-state index in [0.717, 1.165) is 23.4 Å². The maximum absolute atomic E-state index is 13.4. The normalized spacial score (nSPS) is 17.3. The predicted octanol–water partition coefficient (Wildman–Crippen LogP) is 2.91. The van der Waals surface area contributed by atoms with E-state index in [1.165, 1.54) is 11.8 Å². The van der Waals surface area contributed by atoms with Gasteiger partial charge in [0.1, 0.15) is 13.2 Å². The molecule has 11 heteroatoms. The van der Waals surface area contributed by atoms with Crippen LogP contribution in [0, 0.1) is 0 Å². The smallest absolute Gasteiger partial charge is 0.344 e. The zero-order valence-electron chi connectivity index (χ0n) is 17.9. The molecule has 0 saturated carbocycles. The van der Waals surface area contributed by atoms with Crippen molar-refractivity contribution in [1.82, 2.24) is 14.8 Å². The predicted molar refractivity (Wildman–Crippen MR) is 125 cm³/mol. The summed E-state index contributed by atoms with van der Waals surface area (Å²) in [5.41, 5.74) is 0.444. The zero-order valence-corrected chi connectivity index (χ0v) is 19.5. The molecule has 1 N–H and O–H groups in total. The number of thioether (sulfide) groups is 1. The molecule has 9 nitrogen and oxygen atoms in total. The number of carbonyl (C=O) groups excluding carboxylic acids is 1. The van der Waals surface area contributed by atoms with Gasteiger partial charge >= 0.3 is 5.69 Å². The third kappa shape index (κ3) is 5.10. The Morgan fingerprint density at radius 3 is 2.91 bits per heavy atom. The maximum Gasteiger partial charge on any atom is 0.344 e. The number of rotatable bonds is 8. The molecule has 2 aliphatic heterocycles. The second-order valence-corrected chi connectivity index (χ2v) is 9.71. The Morgan fingerprint density at radius 1 is 1.24 bits per heavy atom. The minimum absolute atomic E-state index is 0.00314. The van der Waals surface area contributed by atoms with Gasteiger partial charge in [-0.1, -0.05) is 17.8 Å². The molecule has 1 fully saturated rings. The molecule has 3 aromatic rings. The van der Waals surface area contributed by atoms with Gasteiger partial charge in [-0.3, -0.25) is 9.36 Å². The largest absolute Gasteiger partial charge is 0.486 e. The van der Waals surface area contributed by atoms with E-state index in [-0.39, 0.29) is 23.5 Å². The lowest BCUT2D eigenvalue weighted by Gasteiger charge is -2.25. The molecule has 1 atom stereocenters. The number of nitrogens with zero attached hydrogens (tertiary/aromatic N) is 3. The van der Waals surface area contributed by atoms with Crippen molar-refractivity contribution in [2.24, 2.45) is 0 Å². The first kappa shape index (κ1) is 22.1. The molecule has 4 heterocycles. The van der Waals surface area contributed by atoms with Crippen LogP contribution in [0.3, 0.4) is 0 Å². The summed E-state index contributed by atoms with van der Waals surface area (Å²) in [6, 6.07) is 9.51. The van der Waals surface area contributed by atoms with Crippen molar-refractivity contribution >= 4 is 34.7 Å².